The molecular weight excluding hydrogens is 294 g/mol. The summed E-state index contributed by atoms with van der Waals surface area (Å²) in [6.45, 7) is 1.98. The SMILES string of the molecule is CCOC(=O)c1oc(-c2ccco2)cc1-c1ccc(C#N)cc1. The normalized spacial score (nSPS) is 10.3. The third-order valence-electron chi connectivity index (χ3n) is 3.28. The molecule has 3 rings (SSSR count). The van der Waals surface area contributed by atoms with Crippen molar-refractivity contribution in [2.45, 2.75) is 6.92 Å². The van der Waals surface area contributed by atoms with Gasteiger partial charge in [-0.2, -0.15) is 5.26 Å². The van der Waals surface area contributed by atoms with Crippen LogP contribution >= 0.6 is 0 Å². The lowest BCUT2D eigenvalue weighted by Crippen LogP contribution is -2.04. The fourth-order valence-corrected chi connectivity index (χ4v) is 2.22. The van der Waals surface area contributed by atoms with Gasteiger partial charge < -0.3 is 13.6 Å². The van der Waals surface area contributed by atoms with Crippen LogP contribution in [0, 0.1) is 11.3 Å². The minimum absolute atomic E-state index is 0.114. The van der Waals surface area contributed by atoms with Crippen LogP contribution in [0.5, 0.6) is 0 Å². The Morgan fingerprint density at radius 2 is 2.00 bits per heavy atom. The summed E-state index contributed by atoms with van der Waals surface area (Å²) < 4.78 is 16.0. The summed E-state index contributed by atoms with van der Waals surface area (Å²) in [5.74, 6) is 0.542. The average molecular weight is 307 g/mol. The number of carbonyl (C=O) groups is 1. The summed E-state index contributed by atoms with van der Waals surface area (Å²) >= 11 is 0. The predicted molar refractivity (Wildman–Crippen MR) is 82.5 cm³/mol. The zero-order chi connectivity index (χ0) is 16.2. The molecule has 0 N–H and O–H groups in total. The predicted octanol–water partition coefficient (Wildman–Crippen LogP) is 4.25. The fourth-order valence-electron chi connectivity index (χ4n) is 2.22. The van der Waals surface area contributed by atoms with E-state index in [0.717, 1.165) is 5.56 Å². The van der Waals surface area contributed by atoms with Gasteiger partial charge >= 0.3 is 5.97 Å². The van der Waals surface area contributed by atoms with Gasteiger partial charge in [-0.1, -0.05) is 12.1 Å². The Bertz CT molecular complexity index is 852. The van der Waals surface area contributed by atoms with E-state index in [-0.39, 0.29) is 12.4 Å². The highest BCUT2D eigenvalue weighted by Gasteiger charge is 2.22. The molecule has 0 radical (unpaired) electrons. The molecule has 0 fully saturated rings. The highest BCUT2D eigenvalue weighted by atomic mass is 16.5. The lowest BCUT2D eigenvalue weighted by atomic mass is 10.0. The molecule has 5 nitrogen and oxygen atoms in total. The van der Waals surface area contributed by atoms with E-state index in [1.54, 1.807) is 49.4 Å². The molecule has 5 heteroatoms. The van der Waals surface area contributed by atoms with E-state index >= 15 is 0 Å². The van der Waals surface area contributed by atoms with Crippen molar-refractivity contribution in [2.75, 3.05) is 6.61 Å². The van der Waals surface area contributed by atoms with Crippen LogP contribution in [0.1, 0.15) is 23.0 Å². The van der Waals surface area contributed by atoms with Crippen molar-refractivity contribution in [3.05, 3.63) is 60.1 Å². The molecule has 0 aliphatic rings. The van der Waals surface area contributed by atoms with Crippen LogP contribution in [0.3, 0.4) is 0 Å². The molecule has 0 saturated heterocycles. The van der Waals surface area contributed by atoms with E-state index in [4.69, 9.17) is 18.8 Å². The van der Waals surface area contributed by atoms with Gasteiger partial charge in [0, 0.05) is 5.56 Å². The molecule has 23 heavy (non-hydrogen) atoms. The number of nitriles is 1. The van der Waals surface area contributed by atoms with E-state index in [2.05, 4.69) is 6.07 Å². The Morgan fingerprint density at radius 3 is 2.61 bits per heavy atom. The number of nitrogens with zero attached hydrogens (tertiary/aromatic N) is 1. The summed E-state index contributed by atoms with van der Waals surface area (Å²) in [5.41, 5.74) is 1.90. The zero-order valence-corrected chi connectivity index (χ0v) is 12.4. The quantitative estimate of drug-likeness (QED) is 0.673. The second-order valence-corrected chi connectivity index (χ2v) is 4.74. The van der Waals surface area contributed by atoms with Crippen molar-refractivity contribution in [3.63, 3.8) is 0 Å². The van der Waals surface area contributed by atoms with Crippen molar-refractivity contribution in [2.24, 2.45) is 0 Å². The van der Waals surface area contributed by atoms with Gasteiger partial charge in [-0.3, -0.25) is 0 Å². The number of ether oxygens (including phenoxy) is 1. The molecule has 0 aliphatic heterocycles. The Morgan fingerprint density at radius 1 is 1.22 bits per heavy atom. The van der Waals surface area contributed by atoms with Crippen LogP contribution in [0.15, 0.2) is 57.6 Å². The van der Waals surface area contributed by atoms with Crippen LogP contribution < -0.4 is 0 Å². The Kier molecular flexibility index (Phi) is 3.98. The van der Waals surface area contributed by atoms with Crippen molar-refractivity contribution >= 4 is 5.97 Å². The van der Waals surface area contributed by atoms with Crippen molar-refractivity contribution in [1.29, 1.82) is 5.26 Å². The molecule has 2 heterocycles. The molecule has 0 atom stereocenters. The summed E-state index contributed by atoms with van der Waals surface area (Å²) in [4.78, 5) is 12.1. The molecule has 3 aromatic rings. The smallest absolute Gasteiger partial charge is 0.374 e. The van der Waals surface area contributed by atoms with Crippen molar-refractivity contribution in [3.8, 4) is 28.7 Å². The number of esters is 1. The molecule has 1 aromatic carbocycles. The highest BCUT2D eigenvalue weighted by Crippen LogP contribution is 2.33. The van der Waals surface area contributed by atoms with E-state index < -0.39 is 5.97 Å². The lowest BCUT2D eigenvalue weighted by Gasteiger charge is -2.02. The molecule has 114 valence electrons. The van der Waals surface area contributed by atoms with Crippen LogP contribution in [-0.2, 0) is 4.74 Å². The van der Waals surface area contributed by atoms with Gasteiger partial charge in [0.1, 0.15) is 0 Å². The standard InChI is InChI=1S/C18H13NO4/c1-2-21-18(20)17-14(13-7-5-12(11-19)6-8-13)10-16(23-17)15-4-3-9-22-15/h3-10H,2H2,1H3. The summed E-state index contributed by atoms with van der Waals surface area (Å²) in [7, 11) is 0. The number of benzene rings is 1. The molecular formula is C18H13NO4. The van der Waals surface area contributed by atoms with Gasteiger partial charge in [0.15, 0.2) is 11.5 Å². The average Bonchev–Trinajstić information content (AvgIpc) is 3.24. The molecule has 0 amide bonds. The Balaban J connectivity index is 2.09. The maximum Gasteiger partial charge on any atom is 0.374 e. The van der Waals surface area contributed by atoms with Crippen molar-refractivity contribution < 1.29 is 18.4 Å². The summed E-state index contributed by atoms with van der Waals surface area (Å²) in [6.07, 6.45) is 1.53. The molecule has 2 aromatic heterocycles. The maximum absolute atomic E-state index is 12.1. The topological polar surface area (TPSA) is 76.4 Å². The van der Waals surface area contributed by atoms with Gasteiger partial charge in [0.25, 0.3) is 0 Å². The summed E-state index contributed by atoms with van der Waals surface area (Å²) in [6, 6.07) is 14.2. The van der Waals surface area contributed by atoms with Crippen LogP contribution in [0.2, 0.25) is 0 Å². The first-order valence-corrected chi connectivity index (χ1v) is 7.08. The van der Waals surface area contributed by atoms with Crippen LogP contribution in [0.25, 0.3) is 22.6 Å². The number of furan rings is 2. The maximum atomic E-state index is 12.1. The molecule has 0 spiro atoms. The Labute approximate surface area is 132 Å². The second-order valence-electron chi connectivity index (χ2n) is 4.74. The van der Waals surface area contributed by atoms with E-state index in [0.29, 0.717) is 22.6 Å². The van der Waals surface area contributed by atoms with Crippen molar-refractivity contribution in [1.82, 2.24) is 0 Å². The van der Waals surface area contributed by atoms with Gasteiger partial charge in [-0.25, -0.2) is 4.79 Å². The second kappa shape index (κ2) is 6.24. The zero-order valence-electron chi connectivity index (χ0n) is 12.4. The summed E-state index contributed by atoms with van der Waals surface area (Å²) in [5, 5.41) is 8.89. The first kappa shape index (κ1) is 14.7. The number of rotatable bonds is 4. The fraction of sp³-hybridized carbons (Fsp3) is 0.111. The van der Waals surface area contributed by atoms with E-state index in [9.17, 15) is 4.79 Å². The molecule has 0 unspecified atom stereocenters. The minimum Gasteiger partial charge on any atom is -0.461 e. The largest absolute Gasteiger partial charge is 0.461 e. The van der Waals surface area contributed by atoms with Gasteiger partial charge in [0.2, 0.25) is 5.76 Å². The van der Waals surface area contributed by atoms with E-state index in [1.165, 1.54) is 6.26 Å². The van der Waals surface area contributed by atoms with Crippen LogP contribution in [-0.4, -0.2) is 12.6 Å². The highest BCUT2D eigenvalue weighted by molar-refractivity contribution is 5.95. The number of hydrogen-bond acceptors (Lipinski definition) is 5. The minimum atomic E-state index is -0.537. The van der Waals surface area contributed by atoms with E-state index in [1.807, 2.05) is 0 Å². The first-order chi connectivity index (χ1) is 11.2. The van der Waals surface area contributed by atoms with Gasteiger partial charge in [0.05, 0.1) is 24.5 Å². The third kappa shape index (κ3) is 2.87. The van der Waals surface area contributed by atoms with Gasteiger partial charge in [-0.15, -0.1) is 0 Å². The Hall–Kier alpha value is -3.26. The lowest BCUT2D eigenvalue weighted by molar-refractivity contribution is 0.0492. The first-order valence-electron chi connectivity index (χ1n) is 7.08. The van der Waals surface area contributed by atoms with Gasteiger partial charge in [-0.05, 0) is 42.8 Å². The van der Waals surface area contributed by atoms with Crippen LogP contribution in [0.4, 0.5) is 0 Å². The third-order valence-corrected chi connectivity index (χ3v) is 3.28. The number of carbonyl (C=O) groups excluding carboxylic acids is 1. The number of hydrogen-bond donors (Lipinski definition) is 0. The molecule has 0 saturated carbocycles. The molecule has 0 bridgehead atoms. The monoisotopic (exact) mass is 307 g/mol. The molecule has 0 aliphatic carbocycles.